The van der Waals surface area contributed by atoms with Crippen molar-refractivity contribution in [2.24, 2.45) is 34.0 Å². The van der Waals surface area contributed by atoms with Gasteiger partial charge in [0.05, 0.1) is 52.0 Å². The van der Waals surface area contributed by atoms with Crippen molar-refractivity contribution in [2.75, 3.05) is 27.4 Å². The summed E-state index contributed by atoms with van der Waals surface area (Å²) < 4.78 is 54.0. The number of hydrogen-bond donors (Lipinski definition) is 3. The molecular formula is C35H44O16. The van der Waals surface area contributed by atoms with Gasteiger partial charge in [-0.05, 0) is 33.3 Å². The van der Waals surface area contributed by atoms with Gasteiger partial charge in [0.25, 0.3) is 5.79 Å². The van der Waals surface area contributed by atoms with Crippen molar-refractivity contribution in [3.05, 3.63) is 24.0 Å². The number of aliphatic hydroxyl groups excluding tert-OH is 1. The number of hydrogen-bond acceptors (Lipinski definition) is 16. The number of ether oxygens (including phenoxy) is 9. The SMILES string of the molecule is C/C=C(\C)C(=O)OC1CC(OC(C)=O)[C@@]2(C(=O)OC)COC3C2[C@@]12CO[C@](O)(C(=O)OC)C2[C@](C)(C12O[C@]1(C)C1CC2OC2OC=C[C@]21O)C3O. The van der Waals surface area contributed by atoms with Crippen LogP contribution in [0, 0.1) is 34.0 Å². The van der Waals surface area contributed by atoms with E-state index in [1.54, 1.807) is 33.8 Å². The van der Waals surface area contributed by atoms with Gasteiger partial charge in [-0.3, -0.25) is 9.59 Å². The highest BCUT2D eigenvalue weighted by molar-refractivity contribution is 5.88. The van der Waals surface area contributed by atoms with Gasteiger partial charge in [-0.1, -0.05) is 13.0 Å². The Kier molecular flexibility index (Phi) is 7.20. The molecule has 5 heterocycles. The van der Waals surface area contributed by atoms with Crippen molar-refractivity contribution in [3.8, 4) is 0 Å². The zero-order chi connectivity index (χ0) is 36.9. The zero-order valence-electron chi connectivity index (χ0n) is 29.4. The maximum atomic E-state index is 14.2. The van der Waals surface area contributed by atoms with E-state index in [0.717, 1.165) is 14.2 Å². The number of rotatable bonds is 6. The molecule has 0 amide bonds. The Hall–Kier alpha value is -3.12. The maximum Gasteiger partial charge on any atom is 0.366 e. The normalized spacial score (nSPS) is 53.9. The lowest BCUT2D eigenvalue weighted by molar-refractivity contribution is -0.314. The fourth-order valence-corrected chi connectivity index (χ4v) is 12.2. The van der Waals surface area contributed by atoms with Crippen LogP contribution in [0.1, 0.15) is 47.5 Å². The fourth-order valence-electron chi connectivity index (χ4n) is 12.2. The molecule has 10 unspecified atom stereocenters. The number of carbonyl (C=O) groups excluding carboxylic acids is 4. The van der Waals surface area contributed by atoms with E-state index in [9.17, 15) is 34.5 Å². The number of allylic oxidation sites excluding steroid dienone is 1. The molecule has 1 spiro atoms. The van der Waals surface area contributed by atoms with Gasteiger partial charge in [0.15, 0.2) is 5.60 Å². The van der Waals surface area contributed by atoms with E-state index in [1.165, 1.54) is 19.3 Å². The van der Waals surface area contributed by atoms with E-state index in [2.05, 4.69) is 0 Å². The van der Waals surface area contributed by atoms with Crippen LogP contribution in [-0.2, 0) is 61.8 Å². The molecule has 280 valence electrons. The first kappa shape index (κ1) is 34.9. The Balaban J connectivity index is 1.40. The number of carbonyl (C=O) groups is 4. The highest BCUT2D eigenvalue weighted by Gasteiger charge is 2.97. The summed E-state index contributed by atoms with van der Waals surface area (Å²) in [6, 6.07) is 0. The lowest BCUT2D eigenvalue weighted by atomic mass is 9.37. The van der Waals surface area contributed by atoms with Crippen molar-refractivity contribution >= 4 is 23.9 Å². The van der Waals surface area contributed by atoms with E-state index in [0.29, 0.717) is 0 Å². The predicted octanol–water partition coefficient (Wildman–Crippen LogP) is -0.203. The van der Waals surface area contributed by atoms with Gasteiger partial charge in [0.2, 0.25) is 6.29 Å². The average molecular weight is 721 g/mol. The molecule has 0 radical (unpaired) electrons. The molecule has 3 N–H and O–H groups in total. The molecule has 16 heteroatoms. The molecular weight excluding hydrogens is 676 g/mol. The van der Waals surface area contributed by atoms with Gasteiger partial charge < -0.3 is 58.0 Å². The molecule has 2 bridgehead atoms. The van der Waals surface area contributed by atoms with E-state index in [4.69, 9.17) is 42.6 Å². The average Bonchev–Trinajstić information content (AvgIpc) is 3.47. The maximum absolute atomic E-state index is 14.2. The molecule has 8 rings (SSSR count). The summed E-state index contributed by atoms with van der Waals surface area (Å²) in [5, 5.41) is 37.4. The monoisotopic (exact) mass is 720 g/mol. The van der Waals surface area contributed by atoms with Crippen molar-refractivity contribution in [1.82, 2.24) is 0 Å². The minimum Gasteiger partial charge on any atom is -0.469 e. The third-order valence-corrected chi connectivity index (χ3v) is 14.1. The third-order valence-electron chi connectivity index (χ3n) is 14.1. The molecule has 5 aliphatic heterocycles. The predicted molar refractivity (Wildman–Crippen MR) is 164 cm³/mol. The molecule has 16 nitrogen and oxygen atoms in total. The van der Waals surface area contributed by atoms with Crippen LogP contribution in [0.15, 0.2) is 24.0 Å². The number of epoxide rings is 1. The minimum atomic E-state index is -2.82. The highest BCUT2D eigenvalue weighted by Crippen LogP contribution is 2.83. The second-order valence-corrected chi connectivity index (χ2v) is 15.8. The number of aliphatic hydroxyl groups is 3. The van der Waals surface area contributed by atoms with Crippen molar-refractivity contribution < 1.29 is 77.1 Å². The second kappa shape index (κ2) is 10.5. The van der Waals surface area contributed by atoms with Gasteiger partial charge in [-0.2, -0.15) is 0 Å². The van der Waals surface area contributed by atoms with Gasteiger partial charge in [0, 0.05) is 47.5 Å². The van der Waals surface area contributed by atoms with Crippen LogP contribution in [0.3, 0.4) is 0 Å². The third kappa shape index (κ3) is 3.65. The summed E-state index contributed by atoms with van der Waals surface area (Å²) in [5.74, 6) is -9.76. The molecule has 8 aliphatic rings. The van der Waals surface area contributed by atoms with E-state index >= 15 is 0 Å². The van der Waals surface area contributed by atoms with E-state index in [1.807, 2.05) is 0 Å². The van der Waals surface area contributed by atoms with Gasteiger partial charge in [0.1, 0.15) is 28.8 Å². The molecule has 7 fully saturated rings. The van der Waals surface area contributed by atoms with Gasteiger partial charge >= 0.3 is 23.9 Å². The van der Waals surface area contributed by atoms with Gasteiger partial charge in [-0.15, -0.1) is 0 Å². The molecule has 4 saturated heterocycles. The standard InChI is InChI=1S/C35H44O16/c1-8-15(2)24(38)49-18-12-19(48-16(3)36)32(26(39)43-6)13-46-21-22(32)31(18)14-47-34(42,27(40)44-7)25(31)29(4,23(21)37)35-20-11-17(30(35,5)51-35)33(41)9-10-45-28(33)50-20/h8-10,17-23,25,28,37,41-42H,11-14H2,1-7H3/b15-8+/t17?,18?,19?,20?,21?,22?,23?,25?,28?,29-,30-,31-,32+,33-,34+,35?/m1/s1. The summed E-state index contributed by atoms with van der Waals surface area (Å²) in [4.78, 5) is 54.4. The summed E-state index contributed by atoms with van der Waals surface area (Å²) in [6.07, 6.45) is -3.11. The summed E-state index contributed by atoms with van der Waals surface area (Å²) >= 11 is 0. The quantitative estimate of drug-likeness (QED) is 0.140. The second-order valence-electron chi connectivity index (χ2n) is 15.8. The largest absolute Gasteiger partial charge is 0.469 e. The van der Waals surface area contributed by atoms with Crippen LogP contribution in [0.4, 0.5) is 0 Å². The lowest BCUT2D eigenvalue weighted by Gasteiger charge is -2.65. The molecule has 3 aliphatic carbocycles. The van der Waals surface area contributed by atoms with Crippen molar-refractivity contribution in [3.63, 3.8) is 0 Å². The Morgan fingerprint density at radius 2 is 1.67 bits per heavy atom. The summed E-state index contributed by atoms with van der Waals surface area (Å²) in [7, 11) is 2.23. The van der Waals surface area contributed by atoms with Crippen molar-refractivity contribution in [1.29, 1.82) is 0 Å². The summed E-state index contributed by atoms with van der Waals surface area (Å²) in [6.45, 7) is 6.88. The minimum absolute atomic E-state index is 0.235. The van der Waals surface area contributed by atoms with Crippen LogP contribution in [0.25, 0.3) is 0 Å². The molecule has 3 saturated carbocycles. The molecule has 0 aromatic rings. The van der Waals surface area contributed by atoms with Crippen LogP contribution < -0.4 is 0 Å². The smallest absolute Gasteiger partial charge is 0.366 e. The zero-order valence-corrected chi connectivity index (χ0v) is 29.4. The Morgan fingerprint density at radius 1 is 0.961 bits per heavy atom. The first-order valence-electron chi connectivity index (χ1n) is 17.2. The van der Waals surface area contributed by atoms with E-state index < -0.39 is 130 Å². The Bertz CT molecular complexity index is 1660. The van der Waals surface area contributed by atoms with E-state index in [-0.39, 0.29) is 18.4 Å². The number of esters is 4. The lowest BCUT2D eigenvalue weighted by Crippen LogP contribution is -2.79. The van der Waals surface area contributed by atoms with Crippen molar-refractivity contribution in [2.45, 2.75) is 107 Å². The Labute approximate surface area is 293 Å². The number of fused-ring (bicyclic) bond motifs is 7. The van der Waals surface area contributed by atoms with Crippen LogP contribution >= 0.6 is 0 Å². The molecule has 16 atom stereocenters. The highest BCUT2D eigenvalue weighted by atomic mass is 16.7. The first-order valence-corrected chi connectivity index (χ1v) is 17.2. The van der Waals surface area contributed by atoms with Crippen LogP contribution in [-0.4, -0.2) is 126 Å². The number of methoxy groups -OCH3 is 2. The first-order chi connectivity index (χ1) is 23.9. The van der Waals surface area contributed by atoms with Crippen LogP contribution in [0.2, 0.25) is 0 Å². The molecule has 51 heavy (non-hydrogen) atoms. The fraction of sp³-hybridized carbons (Fsp3) is 0.771. The topological polar surface area (TPSA) is 215 Å². The molecule has 0 aromatic carbocycles. The Morgan fingerprint density at radius 3 is 2.31 bits per heavy atom. The molecule has 0 aromatic heterocycles. The van der Waals surface area contributed by atoms with Gasteiger partial charge in [-0.25, -0.2) is 9.59 Å². The summed E-state index contributed by atoms with van der Waals surface area (Å²) in [5.41, 5.74) is -9.47. The van der Waals surface area contributed by atoms with Crippen LogP contribution in [0.5, 0.6) is 0 Å².